The molecular formula is C24H25N5O2. The van der Waals surface area contributed by atoms with Gasteiger partial charge in [-0.3, -0.25) is 0 Å². The monoisotopic (exact) mass is 415 g/mol. The quantitative estimate of drug-likeness (QED) is 0.468. The highest BCUT2D eigenvalue weighted by Crippen LogP contribution is 2.33. The van der Waals surface area contributed by atoms with Gasteiger partial charge in [0.05, 0.1) is 5.69 Å². The van der Waals surface area contributed by atoms with Crippen molar-refractivity contribution in [1.82, 2.24) is 15.0 Å². The maximum absolute atomic E-state index is 5.85. The number of hydrogen-bond acceptors (Lipinski definition) is 7. The molecule has 0 aliphatic rings. The van der Waals surface area contributed by atoms with Gasteiger partial charge in [-0.2, -0.15) is 4.98 Å². The predicted octanol–water partition coefficient (Wildman–Crippen LogP) is 4.38. The molecule has 4 rings (SSSR count). The molecule has 0 aliphatic heterocycles. The summed E-state index contributed by atoms with van der Waals surface area (Å²) >= 11 is 0. The number of rotatable bonds is 6. The van der Waals surface area contributed by atoms with Gasteiger partial charge in [-0.05, 0) is 48.4 Å². The molecule has 0 spiro atoms. The second-order valence-corrected chi connectivity index (χ2v) is 7.41. The van der Waals surface area contributed by atoms with Crippen molar-refractivity contribution in [2.24, 2.45) is 0 Å². The van der Waals surface area contributed by atoms with E-state index in [9.17, 15) is 0 Å². The highest BCUT2D eigenvalue weighted by molar-refractivity contribution is 5.95. The van der Waals surface area contributed by atoms with Gasteiger partial charge < -0.3 is 20.1 Å². The summed E-state index contributed by atoms with van der Waals surface area (Å²) in [5.41, 5.74) is 11.2. The lowest BCUT2D eigenvalue weighted by atomic mass is 10.00. The summed E-state index contributed by atoms with van der Waals surface area (Å²) in [6.07, 6.45) is 1.36. The number of nitrogens with two attached hydrogens (primary N) is 1. The Morgan fingerprint density at radius 3 is 2.45 bits per heavy atom. The van der Waals surface area contributed by atoms with E-state index in [2.05, 4.69) is 39.1 Å². The van der Waals surface area contributed by atoms with Crippen molar-refractivity contribution < 1.29 is 9.47 Å². The number of fused-ring (bicyclic) bond motifs is 1. The van der Waals surface area contributed by atoms with Crippen LogP contribution in [0.15, 0.2) is 60.8 Å². The average Bonchev–Trinajstić information content (AvgIpc) is 2.78. The van der Waals surface area contributed by atoms with Crippen molar-refractivity contribution in [2.75, 3.05) is 31.8 Å². The molecule has 2 aromatic carbocycles. The van der Waals surface area contributed by atoms with Crippen LogP contribution in [0.2, 0.25) is 0 Å². The molecule has 0 saturated heterocycles. The fourth-order valence-corrected chi connectivity index (χ4v) is 3.32. The molecule has 1 atom stereocenters. The molecule has 4 aromatic rings. The number of anilines is 2. The van der Waals surface area contributed by atoms with Crippen molar-refractivity contribution >= 4 is 22.7 Å². The molecule has 2 N–H and O–H groups in total. The fraction of sp³-hybridized carbons (Fsp3) is 0.208. The second-order valence-electron chi connectivity index (χ2n) is 7.41. The minimum atomic E-state index is -0.349. The van der Waals surface area contributed by atoms with Gasteiger partial charge in [0.15, 0.2) is 11.9 Å². The van der Waals surface area contributed by atoms with E-state index in [-0.39, 0.29) is 12.2 Å². The fourth-order valence-electron chi connectivity index (χ4n) is 3.32. The average molecular weight is 415 g/mol. The third kappa shape index (κ3) is 4.41. The number of methoxy groups -OCH3 is 1. The molecule has 0 radical (unpaired) electrons. The van der Waals surface area contributed by atoms with Gasteiger partial charge >= 0.3 is 0 Å². The van der Waals surface area contributed by atoms with Gasteiger partial charge in [0.2, 0.25) is 5.95 Å². The van der Waals surface area contributed by atoms with Crippen LogP contribution in [0.25, 0.3) is 33.4 Å². The van der Waals surface area contributed by atoms with Crippen LogP contribution >= 0.6 is 0 Å². The number of benzene rings is 2. The van der Waals surface area contributed by atoms with E-state index in [1.165, 1.54) is 0 Å². The van der Waals surface area contributed by atoms with Crippen LogP contribution in [0, 0.1) is 0 Å². The number of nitrogen functional groups attached to an aromatic ring is 1. The standard InChI is InChI=1S/C24H25N5O2/c1-15(30-4)31-19-7-5-6-17(12-19)20-13-22(16-8-10-18(11-9-16)29(2)3)27-23-21(20)14-26-24(25)28-23/h5-15H,1-4H3,(H2,25,26,27,28). The summed E-state index contributed by atoms with van der Waals surface area (Å²) in [4.78, 5) is 15.4. The van der Waals surface area contributed by atoms with Crippen molar-refractivity contribution in [2.45, 2.75) is 13.2 Å². The van der Waals surface area contributed by atoms with E-state index < -0.39 is 0 Å². The van der Waals surface area contributed by atoms with Crippen molar-refractivity contribution in [3.63, 3.8) is 0 Å². The van der Waals surface area contributed by atoms with Gasteiger partial charge in [-0.1, -0.05) is 24.3 Å². The minimum Gasteiger partial charge on any atom is -0.465 e. The first-order valence-corrected chi connectivity index (χ1v) is 9.95. The van der Waals surface area contributed by atoms with E-state index in [4.69, 9.17) is 20.2 Å². The molecule has 31 heavy (non-hydrogen) atoms. The molecule has 2 heterocycles. The summed E-state index contributed by atoms with van der Waals surface area (Å²) in [6.45, 7) is 1.85. The maximum Gasteiger partial charge on any atom is 0.222 e. The first-order chi connectivity index (χ1) is 14.9. The number of pyridine rings is 1. The Bertz CT molecular complexity index is 1210. The van der Waals surface area contributed by atoms with Gasteiger partial charge in [0.25, 0.3) is 0 Å². The van der Waals surface area contributed by atoms with E-state index in [0.29, 0.717) is 11.4 Å². The molecule has 7 nitrogen and oxygen atoms in total. The lowest BCUT2D eigenvalue weighted by Gasteiger charge is -2.15. The van der Waals surface area contributed by atoms with Crippen LogP contribution in [0.1, 0.15) is 6.92 Å². The summed E-state index contributed by atoms with van der Waals surface area (Å²) in [5.74, 6) is 0.905. The predicted molar refractivity (Wildman–Crippen MR) is 124 cm³/mol. The Balaban J connectivity index is 1.85. The van der Waals surface area contributed by atoms with E-state index in [1.54, 1.807) is 13.3 Å². The molecule has 0 aliphatic carbocycles. The Hall–Kier alpha value is -3.71. The third-order valence-corrected chi connectivity index (χ3v) is 5.04. The van der Waals surface area contributed by atoms with Gasteiger partial charge in [0.1, 0.15) is 5.75 Å². The zero-order chi connectivity index (χ0) is 22.0. The maximum atomic E-state index is 5.85. The Kier molecular flexibility index (Phi) is 5.68. The van der Waals surface area contributed by atoms with Gasteiger partial charge in [-0.15, -0.1) is 0 Å². The zero-order valence-electron chi connectivity index (χ0n) is 18.0. The molecule has 7 heteroatoms. The first-order valence-electron chi connectivity index (χ1n) is 9.95. The third-order valence-electron chi connectivity index (χ3n) is 5.04. The van der Waals surface area contributed by atoms with E-state index in [0.717, 1.165) is 33.5 Å². The molecule has 0 amide bonds. The highest BCUT2D eigenvalue weighted by Gasteiger charge is 2.13. The van der Waals surface area contributed by atoms with Crippen LogP contribution in [0.5, 0.6) is 5.75 Å². The van der Waals surface area contributed by atoms with Crippen LogP contribution in [0.4, 0.5) is 11.6 Å². The minimum absolute atomic E-state index is 0.192. The topological polar surface area (TPSA) is 86.4 Å². The van der Waals surface area contributed by atoms with Gasteiger partial charge in [0, 0.05) is 44.0 Å². The summed E-state index contributed by atoms with van der Waals surface area (Å²) in [6, 6.07) is 18.1. The number of nitrogens with zero attached hydrogens (tertiary/aromatic N) is 4. The first kappa shape index (κ1) is 20.6. The van der Waals surface area contributed by atoms with Crippen molar-refractivity contribution in [3.8, 4) is 28.1 Å². The molecule has 2 aromatic heterocycles. The number of hydrogen-bond donors (Lipinski definition) is 1. The number of aromatic nitrogens is 3. The van der Waals surface area contributed by atoms with Crippen molar-refractivity contribution in [3.05, 3.63) is 60.8 Å². The lowest BCUT2D eigenvalue weighted by molar-refractivity contribution is -0.0382. The molecule has 0 saturated carbocycles. The lowest BCUT2D eigenvalue weighted by Crippen LogP contribution is -2.13. The Morgan fingerprint density at radius 2 is 1.74 bits per heavy atom. The largest absolute Gasteiger partial charge is 0.465 e. The highest BCUT2D eigenvalue weighted by atomic mass is 16.7. The molecular weight excluding hydrogens is 390 g/mol. The SMILES string of the molecule is COC(C)Oc1cccc(-c2cc(-c3ccc(N(C)C)cc3)nc3nc(N)ncc23)c1. The van der Waals surface area contributed by atoms with Crippen LogP contribution in [-0.2, 0) is 4.74 Å². The molecule has 158 valence electrons. The molecule has 1 unspecified atom stereocenters. The summed E-state index contributed by atoms with van der Waals surface area (Å²) in [5, 5.41) is 0.819. The molecule has 0 bridgehead atoms. The number of ether oxygens (including phenoxy) is 2. The second kappa shape index (κ2) is 8.57. The summed E-state index contributed by atoms with van der Waals surface area (Å²) in [7, 11) is 5.64. The normalized spacial score (nSPS) is 12.0. The summed E-state index contributed by atoms with van der Waals surface area (Å²) < 4.78 is 11.0. The van der Waals surface area contributed by atoms with E-state index >= 15 is 0 Å². The molecule has 0 fully saturated rings. The van der Waals surface area contributed by atoms with Crippen LogP contribution in [-0.4, -0.2) is 42.4 Å². The van der Waals surface area contributed by atoms with Gasteiger partial charge in [-0.25, -0.2) is 9.97 Å². The zero-order valence-corrected chi connectivity index (χ0v) is 18.0. The van der Waals surface area contributed by atoms with Crippen molar-refractivity contribution in [1.29, 1.82) is 0 Å². The smallest absolute Gasteiger partial charge is 0.222 e. The van der Waals surface area contributed by atoms with E-state index in [1.807, 2.05) is 51.4 Å². The Labute approximate surface area is 181 Å². The Morgan fingerprint density at radius 1 is 0.968 bits per heavy atom. The van der Waals surface area contributed by atoms with Crippen LogP contribution < -0.4 is 15.4 Å². The van der Waals surface area contributed by atoms with Crippen LogP contribution in [0.3, 0.4) is 0 Å².